The standard InChI is InChI=1S/C19H27N3O5/c1-14-19(25)22(15-7-5-6-8-16(15)27-14)10-9-17(23)21(11-12-26-4)13-18(24)20(2)3/h5-8,14H,9-13H2,1-4H3/t14-/m1/s1. The van der Waals surface area contributed by atoms with Crippen LogP contribution in [-0.4, -0.2) is 81.1 Å². The summed E-state index contributed by atoms with van der Waals surface area (Å²) < 4.78 is 10.6. The van der Waals surface area contributed by atoms with Gasteiger partial charge in [-0.1, -0.05) is 12.1 Å². The topological polar surface area (TPSA) is 79.4 Å². The third-order valence-electron chi connectivity index (χ3n) is 4.37. The molecule has 0 N–H and O–H groups in total. The minimum Gasteiger partial charge on any atom is -0.479 e. The van der Waals surface area contributed by atoms with Crippen LogP contribution in [-0.2, 0) is 19.1 Å². The van der Waals surface area contributed by atoms with Crippen molar-refractivity contribution >= 4 is 23.4 Å². The van der Waals surface area contributed by atoms with E-state index in [2.05, 4.69) is 0 Å². The van der Waals surface area contributed by atoms with Crippen LogP contribution in [0.25, 0.3) is 0 Å². The van der Waals surface area contributed by atoms with Gasteiger partial charge in [-0.25, -0.2) is 0 Å². The van der Waals surface area contributed by atoms with Crippen molar-refractivity contribution < 1.29 is 23.9 Å². The molecule has 1 atom stereocenters. The second-order valence-corrected chi connectivity index (χ2v) is 6.56. The van der Waals surface area contributed by atoms with Crippen molar-refractivity contribution in [3.63, 3.8) is 0 Å². The number of benzene rings is 1. The molecule has 1 aromatic carbocycles. The van der Waals surface area contributed by atoms with Crippen LogP contribution in [0.2, 0.25) is 0 Å². The molecule has 0 spiro atoms. The maximum absolute atomic E-state index is 12.7. The summed E-state index contributed by atoms with van der Waals surface area (Å²) in [7, 11) is 4.83. The van der Waals surface area contributed by atoms with Crippen molar-refractivity contribution in [2.75, 3.05) is 52.3 Å². The van der Waals surface area contributed by atoms with Gasteiger partial charge < -0.3 is 24.2 Å². The first kappa shape index (κ1) is 20.7. The normalized spacial score (nSPS) is 15.8. The molecule has 1 aliphatic heterocycles. The average molecular weight is 377 g/mol. The molecule has 0 unspecified atom stereocenters. The molecule has 3 amide bonds. The van der Waals surface area contributed by atoms with E-state index < -0.39 is 6.10 Å². The molecule has 2 rings (SSSR count). The fourth-order valence-electron chi connectivity index (χ4n) is 2.75. The van der Waals surface area contributed by atoms with E-state index in [0.29, 0.717) is 24.6 Å². The monoisotopic (exact) mass is 377 g/mol. The summed E-state index contributed by atoms with van der Waals surface area (Å²) in [6.07, 6.45) is -0.494. The lowest BCUT2D eigenvalue weighted by Gasteiger charge is -2.33. The van der Waals surface area contributed by atoms with Gasteiger partial charge in [0.15, 0.2) is 6.10 Å². The van der Waals surface area contributed by atoms with Crippen LogP contribution >= 0.6 is 0 Å². The summed E-state index contributed by atoms with van der Waals surface area (Å²) in [6.45, 7) is 2.55. The Morgan fingerprint density at radius 3 is 2.59 bits per heavy atom. The molecular weight excluding hydrogens is 350 g/mol. The highest BCUT2D eigenvalue weighted by Gasteiger charge is 2.31. The zero-order chi connectivity index (χ0) is 20.0. The molecule has 0 aromatic heterocycles. The highest BCUT2D eigenvalue weighted by molar-refractivity contribution is 6.00. The Bertz CT molecular complexity index is 692. The van der Waals surface area contributed by atoms with Crippen LogP contribution in [0.1, 0.15) is 13.3 Å². The van der Waals surface area contributed by atoms with Gasteiger partial charge in [0.1, 0.15) is 5.75 Å². The van der Waals surface area contributed by atoms with Gasteiger partial charge in [-0.3, -0.25) is 14.4 Å². The number of hydrogen-bond donors (Lipinski definition) is 0. The fourth-order valence-corrected chi connectivity index (χ4v) is 2.75. The fraction of sp³-hybridized carbons (Fsp3) is 0.526. The number of carbonyl (C=O) groups excluding carboxylic acids is 3. The first-order chi connectivity index (χ1) is 12.8. The van der Waals surface area contributed by atoms with E-state index in [1.165, 1.54) is 9.80 Å². The zero-order valence-corrected chi connectivity index (χ0v) is 16.3. The van der Waals surface area contributed by atoms with Crippen molar-refractivity contribution in [1.82, 2.24) is 9.80 Å². The van der Waals surface area contributed by atoms with Gasteiger partial charge in [-0.15, -0.1) is 0 Å². The molecule has 0 fully saturated rings. The highest BCUT2D eigenvalue weighted by Crippen LogP contribution is 2.33. The second-order valence-electron chi connectivity index (χ2n) is 6.56. The third-order valence-corrected chi connectivity index (χ3v) is 4.37. The third kappa shape index (κ3) is 5.19. The number of methoxy groups -OCH3 is 1. The Morgan fingerprint density at radius 1 is 1.22 bits per heavy atom. The van der Waals surface area contributed by atoms with Gasteiger partial charge in [-0.2, -0.15) is 0 Å². The number of carbonyl (C=O) groups is 3. The van der Waals surface area contributed by atoms with Crippen LogP contribution in [0, 0.1) is 0 Å². The largest absolute Gasteiger partial charge is 0.479 e. The molecule has 148 valence electrons. The van der Waals surface area contributed by atoms with E-state index in [-0.39, 0.29) is 37.2 Å². The number of ether oxygens (including phenoxy) is 2. The van der Waals surface area contributed by atoms with Crippen LogP contribution in [0.4, 0.5) is 5.69 Å². The summed E-state index contributed by atoms with van der Waals surface area (Å²) in [5.74, 6) is 0.0675. The summed E-state index contributed by atoms with van der Waals surface area (Å²) in [5, 5.41) is 0. The minimum absolute atomic E-state index is 0.0146. The summed E-state index contributed by atoms with van der Waals surface area (Å²) >= 11 is 0. The van der Waals surface area contributed by atoms with Gasteiger partial charge >= 0.3 is 0 Å². The molecule has 0 bridgehead atoms. The van der Waals surface area contributed by atoms with Crippen LogP contribution in [0.5, 0.6) is 5.75 Å². The SMILES string of the molecule is COCCN(CC(=O)N(C)C)C(=O)CCN1C(=O)[C@@H](C)Oc2ccccc21. The van der Waals surface area contributed by atoms with Crippen molar-refractivity contribution in [2.45, 2.75) is 19.4 Å². The molecule has 0 radical (unpaired) electrons. The molecular formula is C19H27N3O5. The molecule has 1 heterocycles. The number of nitrogens with zero attached hydrogens (tertiary/aromatic N) is 3. The van der Waals surface area contributed by atoms with Crippen LogP contribution in [0.3, 0.4) is 0 Å². The lowest BCUT2D eigenvalue weighted by Crippen LogP contribution is -2.47. The Kier molecular flexibility index (Phi) is 7.18. The van der Waals surface area contributed by atoms with Gasteiger partial charge in [0.25, 0.3) is 5.91 Å². The number of likely N-dealkylation sites (N-methyl/N-ethyl adjacent to an activating group) is 1. The Morgan fingerprint density at radius 2 is 1.93 bits per heavy atom. The number of anilines is 1. The van der Waals surface area contributed by atoms with Crippen molar-refractivity contribution in [3.05, 3.63) is 24.3 Å². The quantitative estimate of drug-likeness (QED) is 0.668. The number of rotatable bonds is 8. The molecule has 8 heteroatoms. The molecule has 1 aromatic rings. The first-order valence-electron chi connectivity index (χ1n) is 8.89. The Hall–Kier alpha value is -2.61. The molecule has 1 aliphatic rings. The van der Waals surface area contributed by atoms with Crippen molar-refractivity contribution in [2.24, 2.45) is 0 Å². The van der Waals surface area contributed by atoms with E-state index in [1.54, 1.807) is 45.2 Å². The molecule has 0 saturated heterocycles. The van der Waals surface area contributed by atoms with E-state index in [9.17, 15) is 14.4 Å². The van der Waals surface area contributed by atoms with Gasteiger partial charge in [0.2, 0.25) is 11.8 Å². The highest BCUT2D eigenvalue weighted by atomic mass is 16.5. The van der Waals surface area contributed by atoms with Crippen molar-refractivity contribution in [1.29, 1.82) is 0 Å². The molecule has 27 heavy (non-hydrogen) atoms. The lowest BCUT2D eigenvalue weighted by molar-refractivity contribution is -0.139. The van der Waals surface area contributed by atoms with Gasteiger partial charge in [-0.05, 0) is 19.1 Å². The predicted molar refractivity (Wildman–Crippen MR) is 101 cm³/mol. The predicted octanol–water partition coefficient (Wildman–Crippen LogP) is 0.754. The number of fused-ring (bicyclic) bond motifs is 1. The van der Waals surface area contributed by atoms with E-state index >= 15 is 0 Å². The lowest BCUT2D eigenvalue weighted by atomic mass is 10.1. The Balaban J connectivity index is 2.07. The summed E-state index contributed by atoms with van der Waals surface area (Å²) in [4.78, 5) is 41.7. The maximum Gasteiger partial charge on any atom is 0.267 e. The van der Waals surface area contributed by atoms with Crippen LogP contribution in [0.15, 0.2) is 24.3 Å². The van der Waals surface area contributed by atoms with E-state index in [0.717, 1.165) is 0 Å². The van der Waals surface area contributed by atoms with E-state index in [4.69, 9.17) is 9.47 Å². The maximum atomic E-state index is 12.7. The Labute approximate surface area is 159 Å². The summed E-state index contributed by atoms with van der Waals surface area (Å²) in [5.41, 5.74) is 0.654. The minimum atomic E-state index is -0.602. The average Bonchev–Trinajstić information content (AvgIpc) is 2.64. The molecule has 8 nitrogen and oxygen atoms in total. The second kappa shape index (κ2) is 9.36. The van der Waals surface area contributed by atoms with Crippen LogP contribution < -0.4 is 9.64 Å². The first-order valence-corrected chi connectivity index (χ1v) is 8.89. The zero-order valence-electron chi connectivity index (χ0n) is 16.3. The number of para-hydroxylation sites is 2. The number of amides is 3. The van der Waals surface area contributed by atoms with Crippen molar-refractivity contribution in [3.8, 4) is 5.75 Å². The molecule has 0 aliphatic carbocycles. The number of hydrogen-bond acceptors (Lipinski definition) is 5. The van der Waals surface area contributed by atoms with E-state index in [1.807, 2.05) is 12.1 Å². The van der Waals surface area contributed by atoms with Gasteiger partial charge in [0.05, 0.1) is 18.8 Å². The molecule has 0 saturated carbocycles. The summed E-state index contributed by atoms with van der Waals surface area (Å²) in [6, 6.07) is 7.25. The van der Waals surface area contributed by atoms with Gasteiger partial charge in [0, 0.05) is 40.7 Å². The smallest absolute Gasteiger partial charge is 0.267 e.